The van der Waals surface area contributed by atoms with Crippen molar-refractivity contribution in [2.24, 2.45) is 0 Å². The van der Waals surface area contributed by atoms with Gasteiger partial charge in [0.2, 0.25) is 0 Å². The van der Waals surface area contributed by atoms with Gasteiger partial charge in [0.15, 0.2) is 12.4 Å². The summed E-state index contributed by atoms with van der Waals surface area (Å²) in [6.45, 7) is 1.45. The summed E-state index contributed by atoms with van der Waals surface area (Å²) in [7, 11) is 0. The van der Waals surface area contributed by atoms with Gasteiger partial charge < -0.3 is 4.74 Å². The highest BCUT2D eigenvalue weighted by Gasteiger charge is 2.23. The van der Waals surface area contributed by atoms with Gasteiger partial charge >= 0.3 is 5.97 Å². The summed E-state index contributed by atoms with van der Waals surface area (Å²) in [4.78, 5) is 17.0. The maximum Gasteiger partial charge on any atom is 0.317 e. The average molecular weight is 452 g/mol. The number of hydrogen-bond donors (Lipinski definition) is 0. The maximum absolute atomic E-state index is 12.9. The lowest BCUT2D eigenvalue weighted by Gasteiger charge is -2.17. The first kappa shape index (κ1) is 23.4. The number of benzene rings is 2. The van der Waals surface area contributed by atoms with Crippen molar-refractivity contribution in [2.75, 3.05) is 6.61 Å². The number of unbranched alkanes of at least 4 members (excludes halogenated alkanes) is 3. The molecule has 0 N–H and O–H groups in total. The second-order valence-corrected chi connectivity index (χ2v) is 8.40. The summed E-state index contributed by atoms with van der Waals surface area (Å²) in [6, 6.07) is 28.0. The molecule has 172 valence electrons. The van der Waals surface area contributed by atoms with Gasteiger partial charge in [-0.05, 0) is 53.6 Å². The number of nitrogens with zero attached hydrogens (tertiary/aromatic N) is 2. The van der Waals surface area contributed by atoms with E-state index in [0.717, 1.165) is 43.4 Å². The topological polar surface area (TPSA) is 43.1 Å². The van der Waals surface area contributed by atoms with Crippen molar-refractivity contribution in [1.82, 2.24) is 4.98 Å². The molecule has 0 bridgehead atoms. The Morgan fingerprint density at radius 2 is 1.26 bits per heavy atom. The molecule has 4 rings (SSSR count). The number of carbonyl (C=O) groups is 1. The predicted molar refractivity (Wildman–Crippen MR) is 134 cm³/mol. The van der Waals surface area contributed by atoms with Crippen LogP contribution in [-0.4, -0.2) is 17.6 Å². The van der Waals surface area contributed by atoms with E-state index in [0.29, 0.717) is 6.61 Å². The van der Waals surface area contributed by atoms with E-state index < -0.39 is 0 Å². The lowest BCUT2D eigenvalue weighted by molar-refractivity contribution is -0.697. The van der Waals surface area contributed by atoms with Crippen molar-refractivity contribution in [3.63, 3.8) is 0 Å². The van der Waals surface area contributed by atoms with Crippen molar-refractivity contribution in [1.29, 1.82) is 0 Å². The molecule has 0 unspecified atom stereocenters. The lowest BCUT2D eigenvalue weighted by Crippen LogP contribution is -2.32. The minimum atomic E-state index is -0.381. The third-order valence-electron chi connectivity index (χ3n) is 5.96. The molecule has 0 aliphatic heterocycles. The molecular weight excluding hydrogens is 420 g/mol. The number of hydrogen-bond acceptors (Lipinski definition) is 3. The van der Waals surface area contributed by atoms with Gasteiger partial charge in [-0.1, -0.05) is 60.7 Å². The SMILES string of the molecule is O=C(OCCCCCC[n+]1ccc(-c2ccncc2)cc1)C(c1ccccc1)c1ccccc1. The van der Waals surface area contributed by atoms with E-state index >= 15 is 0 Å². The van der Waals surface area contributed by atoms with Crippen LogP contribution < -0.4 is 4.57 Å². The Kier molecular flexibility index (Phi) is 8.56. The smallest absolute Gasteiger partial charge is 0.317 e. The van der Waals surface area contributed by atoms with Crippen LogP contribution in [-0.2, 0) is 16.1 Å². The molecule has 0 saturated heterocycles. The maximum atomic E-state index is 12.9. The molecule has 4 aromatic rings. The van der Waals surface area contributed by atoms with Gasteiger partial charge in [0.05, 0.1) is 6.61 Å². The van der Waals surface area contributed by atoms with Gasteiger partial charge in [-0.25, -0.2) is 4.57 Å². The van der Waals surface area contributed by atoms with Gasteiger partial charge in [0.25, 0.3) is 0 Å². The van der Waals surface area contributed by atoms with Gasteiger partial charge in [0.1, 0.15) is 12.5 Å². The van der Waals surface area contributed by atoms with Gasteiger partial charge in [-0.2, -0.15) is 0 Å². The van der Waals surface area contributed by atoms with Gasteiger partial charge in [0, 0.05) is 30.9 Å². The summed E-state index contributed by atoms with van der Waals surface area (Å²) in [5.74, 6) is -0.559. The fourth-order valence-electron chi connectivity index (χ4n) is 4.10. The first-order valence-corrected chi connectivity index (χ1v) is 12.0. The Bertz CT molecular complexity index is 1090. The van der Waals surface area contributed by atoms with Crippen LogP contribution >= 0.6 is 0 Å². The lowest BCUT2D eigenvalue weighted by atomic mass is 9.91. The van der Waals surface area contributed by atoms with E-state index in [-0.39, 0.29) is 11.9 Å². The Balaban J connectivity index is 1.18. The fraction of sp³-hybridized carbons (Fsp3) is 0.233. The molecule has 0 spiro atoms. The van der Waals surface area contributed by atoms with Crippen molar-refractivity contribution in [3.05, 3.63) is 121 Å². The molecule has 34 heavy (non-hydrogen) atoms. The van der Waals surface area contributed by atoms with Gasteiger partial charge in [-0.3, -0.25) is 9.78 Å². The Morgan fingerprint density at radius 3 is 1.88 bits per heavy atom. The molecule has 0 aliphatic rings. The molecule has 0 aliphatic carbocycles. The zero-order valence-corrected chi connectivity index (χ0v) is 19.4. The summed E-state index contributed by atoms with van der Waals surface area (Å²) < 4.78 is 7.90. The number of rotatable bonds is 11. The van der Waals surface area contributed by atoms with E-state index in [2.05, 4.69) is 34.1 Å². The summed E-state index contributed by atoms with van der Waals surface area (Å²) in [5.41, 5.74) is 4.31. The van der Waals surface area contributed by atoms with Crippen LogP contribution in [0.4, 0.5) is 0 Å². The first-order valence-electron chi connectivity index (χ1n) is 12.0. The first-order chi connectivity index (χ1) is 16.8. The number of ether oxygens (including phenoxy) is 1. The van der Waals surface area contributed by atoms with E-state index in [1.165, 1.54) is 11.1 Å². The zero-order chi connectivity index (χ0) is 23.4. The predicted octanol–water partition coefficient (Wildman–Crippen LogP) is 5.97. The number of aromatic nitrogens is 2. The van der Waals surface area contributed by atoms with Crippen molar-refractivity contribution in [3.8, 4) is 11.1 Å². The van der Waals surface area contributed by atoms with Crippen LogP contribution in [0.3, 0.4) is 0 Å². The average Bonchev–Trinajstić information content (AvgIpc) is 2.90. The molecule has 4 nitrogen and oxygen atoms in total. The van der Waals surface area contributed by atoms with E-state index in [4.69, 9.17) is 4.74 Å². The molecule has 4 heteroatoms. The second-order valence-electron chi connectivity index (χ2n) is 8.40. The van der Waals surface area contributed by atoms with Crippen LogP contribution in [0.5, 0.6) is 0 Å². The molecule has 0 saturated carbocycles. The Morgan fingerprint density at radius 1 is 0.706 bits per heavy atom. The summed E-state index contributed by atoms with van der Waals surface area (Å²) in [6.07, 6.45) is 12.0. The van der Waals surface area contributed by atoms with Crippen molar-refractivity contribution in [2.45, 2.75) is 38.1 Å². The molecule has 2 aromatic carbocycles. The van der Waals surface area contributed by atoms with E-state index in [1.807, 2.05) is 85.2 Å². The summed E-state index contributed by atoms with van der Waals surface area (Å²) >= 11 is 0. The highest BCUT2D eigenvalue weighted by molar-refractivity contribution is 5.82. The molecule has 0 radical (unpaired) electrons. The van der Waals surface area contributed by atoms with Crippen LogP contribution in [0.25, 0.3) is 11.1 Å². The van der Waals surface area contributed by atoms with E-state index in [1.54, 1.807) is 0 Å². The number of aryl methyl sites for hydroxylation is 1. The molecular formula is C30H31N2O2+. The minimum absolute atomic E-state index is 0.178. The second kappa shape index (κ2) is 12.4. The Hall–Kier alpha value is -3.79. The number of carbonyl (C=O) groups excluding carboxylic acids is 1. The molecule has 0 amide bonds. The Labute approximate surface area is 201 Å². The quantitative estimate of drug-likeness (QED) is 0.160. The largest absolute Gasteiger partial charge is 0.465 e. The fourth-order valence-corrected chi connectivity index (χ4v) is 4.10. The molecule has 0 atom stereocenters. The molecule has 0 fully saturated rings. The summed E-state index contributed by atoms with van der Waals surface area (Å²) in [5, 5.41) is 0. The van der Waals surface area contributed by atoms with Crippen LogP contribution in [0.1, 0.15) is 42.7 Å². The number of esters is 1. The third-order valence-corrected chi connectivity index (χ3v) is 5.96. The van der Waals surface area contributed by atoms with Crippen LogP contribution in [0.15, 0.2) is 110 Å². The van der Waals surface area contributed by atoms with Gasteiger partial charge in [-0.15, -0.1) is 0 Å². The minimum Gasteiger partial charge on any atom is -0.465 e. The standard InChI is InChI=1S/C30H31N2O2/c33-30(29(27-11-5-3-6-12-27)28-13-7-4-8-14-28)34-24-10-2-1-9-21-32-22-17-26(18-23-32)25-15-19-31-20-16-25/h3-8,11-20,22-23,29H,1-2,9-10,21,24H2/q+1. The third kappa shape index (κ3) is 6.61. The van der Waals surface area contributed by atoms with Crippen molar-refractivity contribution < 1.29 is 14.1 Å². The monoisotopic (exact) mass is 451 g/mol. The normalized spacial score (nSPS) is 10.9. The zero-order valence-electron chi connectivity index (χ0n) is 19.4. The van der Waals surface area contributed by atoms with Crippen LogP contribution in [0.2, 0.25) is 0 Å². The molecule has 2 aromatic heterocycles. The highest BCUT2D eigenvalue weighted by atomic mass is 16.5. The van der Waals surface area contributed by atoms with Crippen LogP contribution in [0, 0.1) is 0 Å². The van der Waals surface area contributed by atoms with Crippen molar-refractivity contribution >= 4 is 5.97 Å². The molecule has 2 heterocycles. The van der Waals surface area contributed by atoms with E-state index in [9.17, 15) is 4.79 Å². The number of pyridine rings is 2. The highest BCUT2D eigenvalue weighted by Crippen LogP contribution is 2.26.